The molecule has 0 spiro atoms. The molecule has 0 saturated carbocycles. The molecule has 1 heterocycles. The summed E-state index contributed by atoms with van der Waals surface area (Å²) in [5.74, 6) is 2.19. The summed E-state index contributed by atoms with van der Waals surface area (Å²) in [7, 11) is 3.07. The lowest BCUT2D eigenvalue weighted by Crippen LogP contribution is -2.27. The molecule has 13 heteroatoms. The summed E-state index contributed by atoms with van der Waals surface area (Å²) in [5.41, 5.74) is 7.80. The predicted molar refractivity (Wildman–Crippen MR) is 165 cm³/mol. The highest BCUT2D eigenvalue weighted by Gasteiger charge is 2.34. The fraction of sp³-hybridized carbons (Fsp3) is 0.379. The number of allylic oxidation sites excluding steroid dienone is 1. The number of alkyl halides is 3. The Morgan fingerprint density at radius 1 is 1.26 bits per heavy atom. The van der Waals surface area contributed by atoms with Crippen LogP contribution in [0.3, 0.4) is 0 Å². The maximum atomic E-state index is 14.5. The van der Waals surface area contributed by atoms with Crippen LogP contribution >= 0.6 is 11.8 Å². The van der Waals surface area contributed by atoms with Gasteiger partial charge in [-0.2, -0.15) is 8.78 Å². The van der Waals surface area contributed by atoms with Crippen LogP contribution in [0.5, 0.6) is 5.75 Å². The number of anilines is 2. The van der Waals surface area contributed by atoms with Gasteiger partial charge in [0.1, 0.15) is 5.75 Å². The molecule has 1 amide bonds. The van der Waals surface area contributed by atoms with Gasteiger partial charge in [0.2, 0.25) is 0 Å². The molecule has 0 unspecified atom stereocenters. The Morgan fingerprint density at radius 3 is 2.60 bits per heavy atom. The Morgan fingerprint density at radius 2 is 1.98 bits per heavy atom. The lowest BCUT2D eigenvalue weighted by atomic mass is 10.0. The molecular formula is C29H38F3N7O2S. The molecule has 0 bridgehead atoms. The third-order valence-corrected chi connectivity index (χ3v) is 7.40. The van der Waals surface area contributed by atoms with E-state index in [0.29, 0.717) is 28.7 Å². The van der Waals surface area contributed by atoms with E-state index >= 15 is 0 Å². The molecule has 0 radical (unpaired) electrons. The second-order valence-corrected chi connectivity index (χ2v) is 10.5. The van der Waals surface area contributed by atoms with Gasteiger partial charge in [-0.25, -0.2) is 10.2 Å². The number of methoxy groups -OCH3 is 1. The third-order valence-electron chi connectivity index (χ3n) is 6.72. The number of nitrogens with zero attached hydrogens (tertiary/aromatic N) is 3. The molecule has 6 N–H and O–H groups in total. The molecule has 0 aliphatic carbocycles. The van der Waals surface area contributed by atoms with Crippen LogP contribution in [0.2, 0.25) is 0 Å². The van der Waals surface area contributed by atoms with Crippen molar-refractivity contribution in [3.8, 4) is 5.75 Å². The van der Waals surface area contributed by atoms with Crippen LogP contribution in [0.1, 0.15) is 39.9 Å². The fourth-order valence-corrected chi connectivity index (χ4v) is 4.90. The smallest absolute Gasteiger partial charge is 0.301 e. The number of amidine groups is 1. The first-order chi connectivity index (χ1) is 20.0. The molecule has 1 aliphatic heterocycles. The maximum absolute atomic E-state index is 14.5. The number of hydrazine groups is 1. The zero-order valence-corrected chi connectivity index (χ0v) is 25.0. The van der Waals surface area contributed by atoms with Gasteiger partial charge in [-0.05, 0) is 75.0 Å². The summed E-state index contributed by atoms with van der Waals surface area (Å²) < 4.78 is 47.9. The fourth-order valence-electron chi connectivity index (χ4n) is 4.53. The number of nitrogens with one attached hydrogen (secondary N) is 2. The number of benzene rings is 2. The van der Waals surface area contributed by atoms with Gasteiger partial charge in [-0.15, -0.1) is 0 Å². The molecule has 2 aromatic rings. The van der Waals surface area contributed by atoms with E-state index in [1.165, 1.54) is 36.1 Å². The van der Waals surface area contributed by atoms with Crippen molar-refractivity contribution in [3.63, 3.8) is 0 Å². The minimum absolute atomic E-state index is 0.0241. The van der Waals surface area contributed by atoms with Gasteiger partial charge in [0.05, 0.1) is 24.2 Å². The number of amides is 1. The van der Waals surface area contributed by atoms with Gasteiger partial charge in [-0.1, -0.05) is 17.8 Å². The summed E-state index contributed by atoms with van der Waals surface area (Å²) in [4.78, 5) is 19.5. The number of halogens is 3. The molecule has 0 aromatic heterocycles. The molecule has 228 valence electrons. The number of hydrogen-bond acceptors (Lipinski definition) is 8. The van der Waals surface area contributed by atoms with Gasteiger partial charge < -0.3 is 21.1 Å². The van der Waals surface area contributed by atoms with Crippen molar-refractivity contribution in [1.82, 2.24) is 10.2 Å². The van der Waals surface area contributed by atoms with Crippen LogP contribution in [-0.4, -0.2) is 56.2 Å². The molecular weight excluding hydrogens is 567 g/mol. The first kappa shape index (κ1) is 32.8. The van der Waals surface area contributed by atoms with E-state index in [9.17, 15) is 18.0 Å². The lowest BCUT2D eigenvalue weighted by Gasteiger charge is -2.23. The lowest BCUT2D eigenvalue weighted by molar-refractivity contribution is -0.0281. The van der Waals surface area contributed by atoms with Gasteiger partial charge >= 0.3 is 5.92 Å². The number of thioether (sulfide) groups is 1. The van der Waals surface area contributed by atoms with Crippen molar-refractivity contribution in [2.24, 2.45) is 16.6 Å². The maximum Gasteiger partial charge on any atom is 0.301 e. The molecule has 3 rings (SSSR count). The molecule has 9 nitrogen and oxygen atoms in total. The number of aliphatic imine (C=N–C) groups is 1. The summed E-state index contributed by atoms with van der Waals surface area (Å²) in [5, 5.41) is 7.67. The van der Waals surface area contributed by atoms with E-state index in [1.807, 2.05) is 13.2 Å². The number of hydrogen-bond donors (Lipinski definition) is 4. The average molecular weight is 606 g/mol. The minimum atomic E-state index is -3.72. The van der Waals surface area contributed by atoms with E-state index in [1.54, 1.807) is 37.5 Å². The van der Waals surface area contributed by atoms with Crippen LogP contribution < -0.4 is 32.0 Å². The molecule has 1 aliphatic rings. The zero-order valence-electron chi connectivity index (χ0n) is 24.2. The highest BCUT2D eigenvalue weighted by atomic mass is 32.2. The normalized spacial score (nSPS) is 14.9. The highest BCUT2D eigenvalue weighted by molar-refractivity contribution is 8.13. The average Bonchev–Trinajstić information content (AvgIpc) is 3.48. The zero-order chi connectivity index (χ0) is 30.9. The van der Waals surface area contributed by atoms with Gasteiger partial charge in [0.15, 0.2) is 11.8 Å². The third kappa shape index (κ3) is 8.43. The van der Waals surface area contributed by atoms with Crippen LogP contribution in [-0.2, 0) is 12.5 Å². The van der Waals surface area contributed by atoms with E-state index in [0.717, 1.165) is 37.6 Å². The van der Waals surface area contributed by atoms with Gasteiger partial charge in [0.25, 0.3) is 5.91 Å². The van der Waals surface area contributed by atoms with Crippen LogP contribution in [0.25, 0.3) is 0 Å². The highest BCUT2D eigenvalue weighted by Crippen LogP contribution is 2.38. The number of carbonyl (C=O) groups is 1. The Kier molecular flexibility index (Phi) is 11.7. The van der Waals surface area contributed by atoms with E-state index < -0.39 is 24.1 Å². The second-order valence-electron chi connectivity index (χ2n) is 9.74. The minimum Gasteiger partial charge on any atom is -0.494 e. The topological polar surface area (TPSA) is 121 Å². The van der Waals surface area contributed by atoms with Crippen LogP contribution in [0.4, 0.5) is 24.5 Å². The molecule has 1 fully saturated rings. The second kappa shape index (κ2) is 15.0. The van der Waals surface area contributed by atoms with Gasteiger partial charge in [-0.3, -0.25) is 19.7 Å². The van der Waals surface area contributed by atoms with E-state index in [4.69, 9.17) is 16.3 Å². The summed E-state index contributed by atoms with van der Waals surface area (Å²) in [6.07, 6.45) is 8.61. The first-order valence-electron chi connectivity index (χ1n) is 13.3. The Bertz CT molecular complexity index is 1340. The molecule has 2 aromatic carbocycles. The summed E-state index contributed by atoms with van der Waals surface area (Å²) >= 11 is 1.44. The predicted octanol–water partition coefficient (Wildman–Crippen LogP) is 4.85. The van der Waals surface area contributed by atoms with E-state index in [-0.39, 0.29) is 17.0 Å². The summed E-state index contributed by atoms with van der Waals surface area (Å²) in [6, 6.07) is 7.16. The molecule has 0 atom stereocenters. The Hall–Kier alpha value is -3.68. The standard InChI is InChI=1S/C29H38F3N7O2S/c1-19-7-8-20(14-25(19)39(34)17-23(33)9-10-36-28(35-2)42-4)27(40)37-24-15-22(29(31,32)18-30)13-21(26(24)41-3)16-38-11-5-6-12-38/h7-10,13-15,17H,5-6,11-12,16,18,33-34H2,1-4H3,(H,35,36)(H,37,40)/b10-9+,23-17-. The number of carbonyl (C=O) groups excluding carboxylic acids is 1. The summed E-state index contributed by atoms with van der Waals surface area (Å²) in [6.45, 7) is 1.91. The molecule has 42 heavy (non-hydrogen) atoms. The van der Waals surface area contributed by atoms with Gasteiger partial charge in [0, 0.05) is 42.7 Å². The van der Waals surface area contributed by atoms with Crippen molar-refractivity contribution in [2.45, 2.75) is 32.2 Å². The quantitative estimate of drug-likeness (QED) is 0.0944. The number of ether oxygens (including phenoxy) is 1. The first-order valence-corrected chi connectivity index (χ1v) is 14.5. The number of nitrogens with two attached hydrogens (primary N) is 2. The SMILES string of the molecule is CN=C(N/C=C/C(N)=C/N(N)c1cc(C(=O)Nc2cc(C(F)(F)CF)cc(CN3CCCC3)c2OC)ccc1C)SC. The van der Waals surface area contributed by atoms with Crippen LogP contribution in [0.15, 0.2) is 59.5 Å². The van der Waals surface area contributed by atoms with Crippen molar-refractivity contribution in [3.05, 3.63) is 76.8 Å². The van der Waals surface area contributed by atoms with E-state index in [2.05, 4.69) is 20.5 Å². The number of aryl methyl sites for hydroxylation is 1. The largest absolute Gasteiger partial charge is 0.494 e. The monoisotopic (exact) mass is 605 g/mol. The van der Waals surface area contributed by atoms with Crippen molar-refractivity contribution in [1.29, 1.82) is 0 Å². The van der Waals surface area contributed by atoms with Crippen molar-refractivity contribution in [2.75, 3.05) is 50.5 Å². The van der Waals surface area contributed by atoms with Crippen molar-refractivity contribution < 1.29 is 22.7 Å². The Labute approximate surface area is 248 Å². The molecule has 1 saturated heterocycles. The van der Waals surface area contributed by atoms with Crippen LogP contribution in [0, 0.1) is 6.92 Å². The number of likely N-dealkylation sites (tertiary alicyclic amines) is 1. The van der Waals surface area contributed by atoms with Crippen molar-refractivity contribution >= 4 is 34.2 Å². The Balaban J connectivity index is 1.89. The number of rotatable bonds is 11.